The zero-order valence-electron chi connectivity index (χ0n) is 9.26. The van der Waals surface area contributed by atoms with Crippen molar-refractivity contribution in [3.8, 4) is 0 Å². The quantitative estimate of drug-likeness (QED) is 0.882. The number of pyridine rings is 1. The summed E-state index contributed by atoms with van der Waals surface area (Å²) in [5.41, 5.74) is -0.383. The van der Waals surface area contributed by atoms with E-state index >= 15 is 0 Å². The van der Waals surface area contributed by atoms with Gasteiger partial charge in [0.1, 0.15) is 11.8 Å². The van der Waals surface area contributed by atoms with E-state index in [0.29, 0.717) is 5.69 Å². The fourth-order valence-electron chi connectivity index (χ4n) is 1.45. The first-order chi connectivity index (χ1) is 8.39. The van der Waals surface area contributed by atoms with E-state index in [0.717, 1.165) is 12.3 Å². The highest BCUT2D eigenvalue weighted by Gasteiger charge is 2.32. The number of aliphatic hydroxyl groups excluding tert-OH is 1. The second-order valence-corrected chi connectivity index (χ2v) is 3.66. The average molecular weight is 258 g/mol. The van der Waals surface area contributed by atoms with Gasteiger partial charge in [0.15, 0.2) is 0 Å². The van der Waals surface area contributed by atoms with Gasteiger partial charge in [0, 0.05) is 18.8 Å². The molecule has 5 nitrogen and oxygen atoms in total. The van der Waals surface area contributed by atoms with Crippen molar-refractivity contribution in [3.63, 3.8) is 0 Å². The topological polar surface area (TPSA) is 63.8 Å². The number of aryl methyl sites for hydroxylation is 1. The first-order valence-electron chi connectivity index (χ1n) is 4.95. The van der Waals surface area contributed by atoms with E-state index in [2.05, 4.69) is 15.3 Å². The number of alkyl halides is 3. The van der Waals surface area contributed by atoms with Gasteiger partial charge in [-0.2, -0.15) is 13.2 Å². The molecule has 0 aliphatic heterocycles. The minimum atomic E-state index is -4.49. The Morgan fingerprint density at radius 2 is 2.00 bits per heavy atom. The zero-order valence-corrected chi connectivity index (χ0v) is 9.26. The van der Waals surface area contributed by atoms with Crippen molar-refractivity contribution in [3.05, 3.63) is 41.5 Å². The van der Waals surface area contributed by atoms with Gasteiger partial charge in [-0.1, -0.05) is 11.3 Å². The maximum absolute atomic E-state index is 12.3. The molecule has 0 spiro atoms. The summed E-state index contributed by atoms with van der Waals surface area (Å²) in [6.07, 6.45) is -3.28. The van der Waals surface area contributed by atoms with Gasteiger partial charge < -0.3 is 5.11 Å². The molecule has 2 heterocycles. The van der Waals surface area contributed by atoms with Gasteiger partial charge in [-0.25, -0.2) is 4.68 Å². The van der Waals surface area contributed by atoms with Crippen molar-refractivity contribution in [2.45, 2.75) is 12.3 Å². The van der Waals surface area contributed by atoms with Crippen molar-refractivity contribution in [2.75, 3.05) is 0 Å². The Labute approximate surface area is 99.9 Å². The number of halogens is 3. The fraction of sp³-hybridized carbons (Fsp3) is 0.300. The van der Waals surface area contributed by atoms with E-state index in [1.54, 1.807) is 7.05 Å². The summed E-state index contributed by atoms with van der Waals surface area (Å²) in [4.78, 5) is 3.28. The Hall–Kier alpha value is -1.96. The molecule has 0 amide bonds. The van der Waals surface area contributed by atoms with Crippen molar-refractivity contribution in [1.29, 1.82) is 0 Å². The third-order valence-corrected chi connectivity index (χ3v) is 2.42. The van der Waals surface area contributed by atoms with E-state index < -0.39 is 18.0 Å². The molecule has 1 N–H and O–H groups in total. The summed E-state index contributed by atoms with van der Waals surface area (Å²) >= 11 is 0. The van der Waals surface area contributed by atoms with Crippen LogP contribution in [0, 0.1) is 0 Å². The van der Waals surface area contributed by atoms with Gasteiger partial charge in [0.2, 0.25) is 0 Å². The van der Waals surface area contributed by atoms with Crippen LogP contribution in [0.3, 0.4) is 0 Å². The lowest BCUT2D eigenvalue weighted by Crippen LogP contribution is -2.10. The average Bonchev–Trinajstić information content (AvgIpc) is 2.73. The second kappa shape index (κ2) is 4.37. The highest BCUT2D eigenvalue weighted by atomic mass is 19.4. The Morgan fingerprint density at radius 3 is 2.44 bits per heavy atom. The van der Waals surface area contributed by atoms with Crippen molar-refractivity contribution in [1.82, 2.24) is 20.0 Å². The molecule has 0 radical (unpaired) electrons. The summed E-state index contributed by atoms with van der Waals surface area (Å²) in [7, 11) is 1.57. The van der Waals surface area contributed by atoms with Crippen LogP contribution in [0.5, 0.6) is 0 Å². The largest absolute Gasteiger partial charge is 0.433 e. The van der Waals surface area contributed by atoms with Crippen LogP contribution in [0.25, 0.3) is 0 Å². The van der Waals surface area contributed by atoms with Crippen LogP contribution in [-0.4, -0.2) is 25.1 Å². The molecule has 2 aromatic rings. The van der Waals surface area contributed by atoms with Crippen LogP contribution in [0.2, 0.25) is 0 Å². The molecule has 2 aromatic heterocycles. The number of hydrogen-bond acceptors (Lipinski definition) is 4. The van der Waals surface area contributed by atoms with Gasteiger partial charge in [-0.15, -0.1) is 5.10 Å². The third kappa shape index (κ3) is 2.33. The lowest BCUT2D eigenvalue weighted by Gasteiger charge is -2.11. The molecule has 0 aromatic carbocycles. The van der Waals surface area contributed by atoms with Crippen molar-refractivity contribution < 1.29 is 18.3 Å². The number of hydrogen-bond donors (Lipinski definition) is 1. The van der Waals surface area contributed by atoms with Gasteiger partial charge in [-0.05, 0) is 6.07 Å². The minimum Gasteiger partial charge on any atom is -0.382 e. The minimum absolute atomic E-state index is 0.244. The van der Waals surface area contributed by atoms with Crippen molar-refractivity contribution in [2.24, 2.45) is 7.05 Å². The molecule has 0 saturated carbocycles. The van der Waals surface area contributed by atoms with Crippen LogP contribution < -0.4 is 0 Å². The van der Waals surface area contributed by atoms with Crippen LogP contribution >= 0.6 is 0 Å². The van der Waals surface area contributed by atoms with E-state index in [4.69, 9.17) is 0 Å². The molecule has 0 aliphatic rings. The Morgan fingerprint density at radius 1 is 1.28 bits per heavy atom. The Bertz CT molecular complexity index is 535. The molecule has 1 unspecified atom stereocenters. The lowest BCUT2D eigenvalue weighted by atomic mass is 10.1. The molecular formula is C10H9F3N4O. The maximum atomic E-state index is 12.3. The second-order valence-electron chi connectivity index (χ2n) is 3.66. The number of aromatic nitrogens is 4. The first kappa shape index (κ1) is 12.5. The molecule has 8 heteroatoms. The molecule has 0 fully saturated rings. The SMILES string of the molecule is Cn1nncc1C(O)c1ccc(C(F)(F)F)nc1. The predicted molar refractivity (Wildman–Crippen MR) is 54.3 cm³/mol. The molecule has 18 heavy (non-hydrogen) atoms. The van der Waals surface area contributed by atoms with Crippen LogP contribution in [0.1, 0.15) is 23.1 Å². The van der Waals surface area contributed by atoms with E-state index in [-0.39, 0.29) is 5.56 Å². The molecule has 0 bridgehead atoms. The highest BCUT2D eigenvalue weighted by Crippen LogP contribution is 2.28. The maximum Gasteiger partial charge on any atom is 0.433 e. The molecule has 1 atom stereocenters. The van der Waals surface area contributed by atoms with E-state index in [1.165, 1.54) is 16.9 Å². The number of rotatable bonds is 2. The number of aliphatic hydroxyl groups is 1. The molecule has 0 saturated heterocycles. The van der Waals surface area contributed by atoms with Crippen LogP contribution in [0.4, 0.5) is 13.2 Å². The lowest BCUT2D eigenvalue weighted by molar-refractivity contribution is -0.141. The van der Waals surface area contributed by atoms with Crippen LogP contribution in [-0.2, 0) is 13.2 Å². The van der Waals surface area contributed by atoms with E-state index in [9.17, 15) is 18.3 Å². The normalized spacial score (nSPS) is 13.6. The number of nitrogens with zero attached hydrogens (tertiary/aromatic N) is 4. The Kier molecular flexibility index (Phi) is 3.04. The van der Waals surface area contributed by atoms with Crippen molar-refractivity contribution >= 4 is 0 Å². The summed E-state index contributed by atoms with van der Waals surface area (Å²) < 4.78 is 38.3. The standard InChI is InChI=1S/C10H9F3N4O/c1-17-7(5-15-16-17)9(18)6-2-3-8(14-4-6)10(11,12)13/h2-5,9,18H,1H3. The summed E-state index contributed by atoms with van der Waals surface area (Å²) in [6, 6.07) is 2.00. The van der Waals surface area contributed by atoms with Gasteiger partial charge in [0.25, 0.3) is 0 Å². The van der Waals surface area contributed by atoms with Crippen LogP contribution in [0.15, 0.2) is 24.5 Å². The van der Waals surface area contributed by atoms with Gasteiger partial charge >= 0.3 is 6.18 Å². The Balaban J connectivity index is 2.28. The monoisotopic (exact) mass is 258 g/mol. The van der Waals surface area contributed by atoms with Gasteiger partial charge in [-0.3, -0.25) is 4.98 Å². The van der Waals surface area contributed by atoms with Gasteiger partial charge in [0.05, 0.1) is 11.9 Å². The zero-order chi connectivity index (χ0) is 13.3. The molecule has 96 valence electrons. The predicted octanol–water partition coefficient (Wildman–Crippen LogP) is 1.31. The van der Waals surface area contributed by atoms with E-state index in [1.807, 2.05) is 0 Å². The molecular weight excluding hydrogens is 249 g/mol. The fourth-order valence-corrected chi connectivity index (χ4v) is 1.45. The third-order valence-electron chi connectivity index (χ3n) is 2.42. The highest BCUT2D eigenvalue weighted by molar-refractivity contribution is 5.23. The first-order valence-corrected chi connectivity index (χ1v) is 4.95. The summed E-state index contributed by atoms with van der Waals surface area (Å²) in [5, 5.41) is 17.1. The molecule has 2 rings (SSSR count). The smallest absolute Gasteiger partial charge is 0.382 e. The summed E-state index contributed by atoms with van der Waals surface area (Å²) in [5.74, 6) is 0. The summed E-state index contributed by atoms with van der Waals surface area (Å²) in [6.45, 7) is 0. The molecule has 0 aliphatic carbocycles.